The molecule has 0 radical (unpaired) electrons. The molecule has 0 bridgehead atoms. The Labute approximate surface area is 212 Å². The standard InChI is InChI=1S/C27H26FN7O2/c1-34-9-8-18(13-34)30-27-32-24(31-26(29)33-27)19-3-2-4-22(20(19)14-36)35-10-7-16-11-17(15-5-6-15)12-21(28)23(16)25(35)37/h2-4,8-9,11-13,15,36H,5-7,10,14H2,1H3,(H3,29,30,31,32,33). The number of fused-ring (bicyclic) bond motifs is 1. The fourth-order valence-corrected chi connectivity index (χ4v) is 4.95. The second-order valence-corrected chi connectivity index (χ2v) is 9.51. The third kappa shape index (κ3) is 4.29. The van der Waals surface area contributed by atoms with Crippen LogP contribution in [0.5, 0.6) is 0 Å². The minimum absolute atomic E-state index is 0.00855. The fraction of sp³-hybridized carbons (Fsp3) is 0.259. The van der Waals surface area contributed by atoms with Gasteiger partial charge in [-0.3, -0.25) is 4.79 Å². The maximum Gasteiger partial charge on any atom is 0.261 e. The number of hydrogen-bond acceptors (Lipinski definition) is 7. The average molecular weight is 500 g/mol. The van der Waals surface area contributed by atoms with Gasteiger partial charge in [-0.05, 0) is 54.5 Å². The van der Waals surface area contributed by atoms with Gasteiger partial charge in [0.15, 0.2) is 5.82 Å². The number of aryl methyl sites for hydroxylation is 1. The smallest absolute Gasteiger partial charge is 0.261 e. The number of nitrogens with zero attached hydrogens (tertiary/aromatic N) is 5. The van der Waals surface area contributed by atoms with Gasteiger partial charge in [-0.15, -0.1) is 0 Å². The van der Waals surface area contributed by atoms with Crippen LogP contribution in [-0.4, -0.2) is 37.1 Å². The van der Waals surface area contributed by atoms with Gasteiger partial charge in [-0.2, -0.15) is 15.0 Å². The molecule has 37 heavy (non-hydrogen) atoms. The van der Waals surface area contributed by atoms with Gasteiger partial charge in [-0.25, -0.2) is 4.39 Å². The first-order chi connectivity index (χ1) is 17.9. The highest BCUT2D eigenvalue weighted by molar-refractivity contribution is 6.09. The Hall–Kier alpha value is -4.31. The monoisotopic (exact) mass is 499 g/mol. The molecule has 0 atom stereocenters. The Morgan fingerprint density at radius 1 is 1.19 bits per heavy atom. The lowest BCUT2D eigenvalue weighted by molar-refractivity contribution is 0.0976. The molecule has 4 N–H and O–H groups in total. The normalized spacial score (nSPS) is 15.1. The third-order valence-electron chi connectivity index (χ3n) is 6.89. The zero-order chi connectivity index (χ0) is 25.7. The first-order valence-electron chi connectivity index (χ1n) is 12.2. The molecule has 1 aliphatic carbocycles. The van der Waals surface area contributed by atoms with Gasteiger partial charge in [0.25, 0.3) is 5.91 Å². The van der Waals surface area contributed by atoms with Crippen molar-refractivity contribution in [3.05, 3.63) is 76.9 Å². The van der Waals surface area contributed by atoms with Crippen LogP contribution >= 0.6 is 0 Å². The number of amides is 1. The Morgan fingerprint density at radius 3 is 2.76 bits per heavy atom. The van der Waals surface area contributed by atoms with Crippen LogP contribution in [0.2, 0.25) is 0 Å². The van der Waals surface area contributed by atoms with Crippen LogP contribution in [0.1, 0.15) is 45.8 Å². The van der Waals surface area contributed by atoms with E-state index >= 15 is 4.39 Å². The van der Waals surface area contributed by atoms with Crippen molar-refractivity contribution in [1.29, 1.82) is 0 Å². The maximum atomic E-state index is 15.1. The van der Waals surface area contributed by atoms with Crippen molar-refractivity contribution in [2.75, 3.05) is 22.5 Å². The summed E-state index contributed by atoms with van der Waals surface area (Å²) in [6.45, 7) is -0.00568. The number of benzene rings is 2. The average Bonchev–Trinajstić information content (AvgIpc) is 3.65. The number of carbonyl (C=O) groups excluding carboxylic acids is 1. The van der Waals surface area contributed by atoms with Crippen molar-refractivity contribution in [2.45, 2.75) is 31.8 Å². The lowest BCUT2D eigenvalue weighted by Gasteiger charge is -2.31. The Bertz CT molecular complexity index is 1530. The van der Waals surface area contributed by atoms with Crippen molar-refractivity contribution in [2.24, 2.45) is 7.05 Å². The van der Waals surface area contributed by atoms with Crippen LogP contribution in [0.4, 0.5) is 27.7 Å². The molecular formula is C27H26FN7O2. The first kappa shape index (κ1) is 23.1. The quantitative estimate of drug-likeness (QED) is 0.368. The number of halogens is 1. The van der Waals surface area contributed by atoms with E-state index in [2.05, 4.69) is 20.3 Å². The summed E-state index contributed by atoms with van der Waals surface area (Å²) >= 11 is 0. The Balaban J connectivity index is 1.37. The molecule has 6 rings (SSSR count). The number of hydrogen-bond donors (Lipinski definition) is 3. The summed E-state index contributed by atoms with van der Waals surface area (Å²) < 4.78 is 17.0. The zero-order valence-corrected chi connectivity index (χ0v) is 20.3. The zero-order valence-electron chi connectivity index (χ0n) is 20.3. The molecule has 2 aromatic heterocycles. The van der Waals surface area contributed by atoms with Gasteiger partial charge < -0.3 is 25.6 Å². The van der Waals surface area contributed by atoms with E-state index in [4.69, 9.17) is 5.73 Å². The fourth-order valence-electron chi connectivity index (χ4n) is 4.95. The summed E-state index contributed by atoms with van der Waals surface area (Å²) in [4.78, 5) is 28.0. The molecular weight excluding hydrogens is 473 g/mol. The third-order valence-corrected chi connectivity index (χ3v) is 6.89. The molecule has 0 unspecified atom stereocenters. The highest BCUT2D eigenvalue weighted by Crippen LogP contribution is 2.42. The Morgan fingerprint density at radius 2 is 2.03 bits per heavy atom. The molecule has 10 heteroatoms. The summed E-state index contributed by atoms with van der Waals surface area (Å²) in [5, 5.41) is 13.5. The highest BCUT2D eigenvalue weighted by atomic mass is 19.1. The van der Waals surface area contributed by atoms with Crippen LogP contribution in [0, 0.1) is 5.82 Å². The summed E-state index contributed by atoms with van der Waals surface area (Å²) in [7, 11) is 1.90. The highest BCUT2D eigenvalue weighted by Gasteiger charge is 2.33. The summed E-state index contributed by atoms with van der Waals surface area (Å²) in [6, 6.07) is 10.6. The lowest BCUT2D eigenvalue weighted by atomic mass is 9.93. The molecule has 1 saturated carbocycles. The molecule has 3 heterocycles. The van der Waals surface area contributed by atoms with Crippen molar-refractivity contribution in [3.8, 4) is 11.4 Å². The number of nitrogens with two attached hydrogens (primary N) is 1. The largest absolute Gasteiger partial charge is 0.392 e. The van der Waals surface area contributed by atoms with Crippen LogP contribution in [0.15, 0.2) is 48.8 Å². The van der Waals surface area contributed by atoms with Crippen molar-refractivity contribution >= 4 is 29.2 Å². The number of aromatic nitrogens is 4. The number of anilines is 4. The Kier molecular flexibility index (Phi) is 5.60. The van der Waals surface area contributed by atoms with E-state index in [0.29, 0.717) is 35.7 Å². The van der Waals surface area contributed by atoms with E-state index < -0.39 is 11.7 Å². The number of aliphatic hydroxyl groups is 1. The van der Waals surface area contributed by atoms with Crippen LogP contribution in [-0.2, 0) is 20.1 Å². The van der Waals surface area contributed by atoms with Crippen molar-refractivity contribution in [3.63, 3.8) is 0 Å². The SMILES string of the molecule is Cn1ccc(Nc2nc(N)nc(-c3cccc(N4CCc5cc(C6CC6)cc(F)c5C4=O)c3CO)n2)c1. The van der Waals surface area contributed by atoms with Gasteiger partial charge in [0.1, 0.15) is 5.82 Å². The van der Waals surface area contributed by atoms with E-state index in [9.17, 15) is 9.90 Å². The minimum Gasteiger partial charge on any atom is -0.392 e. The van der Waals surface area contributed by atoms with Gasteiger partial charge in [0.05, 0.1) is 23.5 Å². The molecule has 2 aromatic carbocycles. The molecule has 4 aromatic rings. The van der Waals surface area contributed by atoms with Crippen molar-refractivity contribution < 1.29 is 14.3 Å². The summed E-state index contributed by atoms with van der Waals surface area (Å²) in [5.41, 5.74) is 10.0. The molecule has 188 valence electrons. The molecule has 9 nitrogen and oxygen atoms in total. The molecule has 2 aliphatic rings. The van der Waals surface area contributed by atoms with E-state index in [0.717, 1.165) is 29.7 Å². The van der Waals surface area contributed by atoms with E-state index in [1.807, 2.05) is 36.1 Å². The second kappa shape index (κ2) is 8.97. The minimum atomic E-state index is -0.488. The van der Waals surface area contributed by atoms with E-state index in [-0.39, 0.29) is 29.9 Å². The first-order valence-corrected chi connectivity index (χ1v) is 12.2. The summed E-state index contributed by atoms with van der Waals surface area (Å²) in [6.07, 6.45) is 6.40. The van der Waals surface area contributed by atoms with Gasteiger partial charge in [0.2, 0.25) is 11.9 Å². The second-order valence-electron chi connectivity index (χ2n) is 9.51. The van der Waals surface area contributed by atoms with Gasteiger partial charge in [0, 0.05) is 37.1 Å². The molecule has 0 spiro atoms. The van der Waals surface area contributed by atoms with Crippen LogP contribution in [0.25, 0.3) is 11.4 Å². The summed E-state index contributed by atoms with van der Waals surface area (Å²) in [5.74, 6) is 0.00239. The number of rotatable bonds is 6. The van der Waals surface area contributed by atoms with Crippen LogP contribution < -0.4 is 16.0 Å². The predicted octanol–water partition coefficient (Wildman–Crippen LogP) is 3.91. The lowest BCUT2D eigenvalue weighted by Crippen LogP contribution is -2.39. The maximum absolute atomic E-state index is 15.1. The molecule has 0 saturated heterocycles. The number of nitrogens with one attached hydrogen (secondary N) is 1. The topological polar surface area (TPSA) is 122 Å². The van der Waals surface area contributed by atoms with Gasteiger partial charge in [-0.1, -0.05) is 18.2 Å². The molecule has 1 aliphatic heterocycles. The number of carbonyl (C=O) groups is 1. The van der Waals surface area contributed by atoms with Crippen LogP contribution in [0.3, 0.4) is 0 Å². The molecule has 1 fully saturated rings. The number of nitrogen functional groups attached to an aromatic ring is 1. The predicted molar refractivity (Wildman–Crippen MR) is 138 cm³/mol. The van der Waals surface area contributed by atoms with E-state index in [1.54, 1.807) is 18.2 Å². The van der Waals surface area contributed by atoms with Gasteiger partial charge >= 0.3 is 0 Å². The van der Waals surface area contributed by atoms with E-state index in [1.165, 1.54) is 11.0 Å². The molecule has 1 amide bonds. The van der Waals surface area contributed by atoms with Crippen molar-refractivity contribution in [1.82, 2.24) is 19.5 Å². The number of aliphatic hydroxyl groups excluding tert-OH is 1.